The summed E-state index contributed by atoms with van der Waals surface area (Å²) in [6, 6.07) is 0. The van der Waals surface area contributed by atoms with E-state index < -0.39 is 5.76 Å². The first-order valence-electron chi connectivity index (χ1n) is 3.56. The molecule has 0 aliphatic rings. The van der Waals surface area contributed by atoms with Crippen molar-refractivity contribution in [3.05, 3.63) is 16.2 Å². The number of nitrogens with zero attached hydrogens (tertiary/aromatic N) is 1. The van der Waals surface area contributed by atoms with E-state index in [1.54, 1.807) is 6.92 Å². The SMILES string of the molecule is CCCn1c(C)c(O)oc1=O. The van der Waals surface area contributed by atoms with Crippen LogP contribution in [0.1, 0.15) is 19.0 Å². The van der Waals surface area contributed by atoms with Gasteiger partial charge in [0.1, 0.15) is 5.69 Å². The minimum absolute atomic E-state index is 0.275. The van der Waals surface area contributed by atoms with Crippen LogP contribution in [0.25, 0.3) is 0 Å². The lowest BCUT2D eigenvalue weighted by Crippen LogP contribution is -2.14. The quantitative estimate of drug-likeness (QED) is 0.692. The zero-order chi connectivity index (χ0) is 8.43. The number of aromatic nitrogens is 1. The molecule has 1 rings (SSSR count). The second kappa shape index (κ2) is 2.82. The lowest BCUT2D eigenvalue weighted by molar-refractivity contribution is 0.315. The summed E-state index contributed by atoms with van der Waals surface area (Å²) in [7, 11) is 0. The van der Waals surface area contributed by atoms with Gasteiger partial charge in [0.15, 0.2) is 0 Å². The van der Waals surface area contributed by atoms with Crippen LogP contribution >= 0.6 is 0 Å². The van der Waals surface area contributed by atoms with E-state index in [2.05, 4.69) is 4.42 Å². The average molecular weight is 157 g/mol. The molecule has 0 aromatic carbocycles. The molecule has 0 spiro atoms. The van der Waals surface area contributed by atoms with Gasteiger partial charge in [-0.15, -0.1) is 0 Å². The van der Waals surface area contributed by atoms with Crippen LogP contribution in [-0.4, -0.2) is 9.67 Å². The Balaban J connectivity index is 3.12. The summed E-state index contributed by atoms with van der Waals surface area (Å²) in [6.07, 6.45) is 0.847. The fourth-order valence-corrected chi connectivity index (χ4v) is 0.947. The molecular formula is C7H11NO3. The maximum atomic E-state index is 10.9. The minimum Gasteiger partial charge on any atom is -0.479 e. The Labute approximate surface area is 64.1 Å². The zero-order valence-electron chi connectivity index (χ0n) is 6.63. The molecule has 1 aromatic rings. The summed E-state index contributed by atoms with van der Waals surface area (Å²) in [4.78, 5) is 10.9. The monoisotopic (exact) mass is 157 g/mol. The minimum atomic E-state index is -0.484. The van der Waals surface area contributed by atoms with Crippen molar-refractivity contribution in [3.8, 4) is 5.95 Å². The van der Waals surface area contributed by atoms with E-state index in [0.717, 1.165) is 6.42 Å². The highest BCUT2D eigenvalue weighted by Gasteiger charge is 2.09. The van der Waals surface area contributed by atoms with Crippen LogP contribution < -0.4 is 5.76 Å². The normalized spacial score (nSPS) is 10.4. The van der Waals surface area contributed by atoms with Gasteiger partial charge in [-0.2, -0.15) is 0 Å². The van der Waals surface area contributed by atoms with Gasteiger partial charge in [-0.05, 0) is 13.3 Å². The van der Waals surface area contributed by atoms with Crippen molar-refractivity contribution in [1.29, 1.82) is 0 Å². The van der Waals surface area contributed by atoms with Gasteiger partial charge in [0.2, 0.25) is 0 Å². The Morgan fingerprint density at radius 2 is 2.27 bits per heavy atom. The Bertz CT molecular complexity index is 297. The Morgan fingerprint density at radius 1 is 1.64 bits per heavy atom. The standard InChI is InChI=1S/C7H11NO3/c1-3-4-8-5(2)6(9)11-7(8)10/h9H,3-4H2,1-2H3. The fraction of sp³-hybridized carbons (Fsp3) is 0.571. The van der Waals surface area contributed by atoms with Gasteiger partial charge >= 0.3 is 11.7 Å². The second-order valence-electron chi connectivity index (χ2n) is 2.41. The molecule has 0 bridgehead atoms. The van der Waals surface area contributed by atoms with E-state index in [0.29, 0.717) is 12.2 Å². The van der Waals surface area contributed by atoms with Crippen molar-refractivity contribution in [3.63, 3.8) is 0 Å². The van der Waals surface area contributed by atoms with Crippen LogP contribution in [0.15, 0.2) is 9.21 Å². The van der Waals surface area contributed by atoms with Crippen LogP contribution in [-0.2, 0) is 6.54 Å². The molecular weight excluding hydrogens is 146 g/mol. The van der Waals surface area contributed by atoms with Crippen molar-refractivity contribution in [2.45, 2.75) is 26.8 Å². The number of hydrogen-bond donors (Lipinski definition) is 1. The number of rotatable bonds is 2. The summed E-state index contributed by atoms with van der Waals surface area (Å²) in [5.74, 6) is -0.759. The fourth-order valence-electron chi connectivity index (χ4n) is 0.947. The molecule has 0 fully saturated rings. The van der Waals surface area contributed by atoms with Gasteiger partial charge in [-0.1, -0.05) is 6.92 Å². The molecule has 1 N–H and O–H groups in total. The van der Waals surface area contributed by atoms with Gasteiger partial charge in [-0.25, -0.2) is 4.79 Å². The maximum absolute atomic E-state index is 10.9. The molecule has 0 radical (unpaired) electrons. The van der Waals surface area contributed by atoms with E-state index in [-0.39, 0.29) is 5.95 Å². The number of aromatic hydroxyl groups is 1. The lowest BCUT2D eigenvalue weighted by Gasteiger charge is -1.96. The summed E-state index contributed by atoms with van der Waals surface area (Å²) >= 11 is 0. The highest BCUT2D eigenvalue weighted by atomic mass is 16.5. The molecule has 0 atom stereocenters. The van der Waals surface area contributed by atoms with E-state index in [1.165, 1.54) is 4.57 Å². The van der Waals surface area contributed by atoms with Gasteiger partial charge in [0, 0.05) is 6.54 Å². The summed E-state index contributed by atoms with van der Waals surface area (Å²) in [6.45, 7) is 4.19. The molecule has 11 heavy (non-hydrogen) atoms. The van der Waals surface area contributed by atoms with Gasteiger partial charge < -0.3 is 9.52 Å². The Morgan fingerprint density at radius 3 is 2.64 bits per heavy atom. The summed E-state index contributed by atoms with van der Waals surface area (Å²) < 4.78 is 5.87. The van der Waals surface area contributed by atoms with Crippen LogP contribution in [0.3, 0.4) is 0 Å². The first-order chi connectivity index (χ1) is 5.16. The first kappa shape index (κ1) is 7.91. The molecule has 0 amide bonds. The third-order valence-electron chi connectivity index (χ3n) is 1.57. The molecule has 0 saturated carbocycles. The highest BCUT2D eigenvalue weighted by Crippen LogP contribution is 2.12. The molecule has 1 aromatic heterocycles. The van der Waals surface area contributed by atoms with Gasteiger partial charge in [0.25, 0.3) is 0 Å². The smallest absolute Gasteiger partial charge is 0.422 e. The largest absolute Gasteiger partial charge is 0.479 e. The Kier molecular flexibility index (Phi) is 2.03. The van der Waals surface area contributed by atoms with Gasteiger partial charge in [0.05, 0.1) is 0 Å². The Hall–Kier alpha value is -1.19. The van der Waals surface area contributed by atoms with Crippen molar-refractivity contribution < 1.29 is 9.52 Å². The molecule has 4 heteroatoms. The first-order valence-corrected chi connectivity index (χ1v) is 3.56. The molecule has 62 valence electrons. The average Bonchev–Trinajstić information content (AvgIpc) is 2.17. The number of hydrogen-bond acceptors (Lipinski definition) is 3. The predicted octanol–water partition coefficient (Wildman–Crippen LogP) is 0.865. The summed E-state index contributed by atoms with van der Waals surface area (Å²) in [5, 5.41) is 8.96. The topological polar surface area (TPSA) is 55.4 Å². The second-order valence-corrected chi connectivity index (χ2v) is 2.41. The van der Waals surface area contributed by atoms with Crippen LogP contribution in [0.4, 0.5) is 0 Å². The summed E-state index contributed by atoms with van der Waals surface area (Å²) in [5.41, 5.74) is 0.497. The lowest BCUT2D eigenvalue weighted by atomic mass is 10.4. The molecule has 0 saturated heterocycles. The van der Waals surface area contributed by atoms with E-state index in [4.69, 9.17) is 5.11 Å². The maximum Gasteiger partial charge on any atom is 0.422 e. The van der Waals surface area contributed by atoms with E-state index >= 15 is 0 Å². The van der Waals surface area contributed by atoms with E-state index in [9.17, 15) is 4.79 Å². The molecule has 1 heterocycles. The van der Waals surface area contributed by atoms with Crippen molar-refractivity contribution >= 4 is 0 Å². The van der Waals surface area contributed by atoms with Crippen LogP contribution in [0, 0.1) is 6.92 Å². The van der Waals surface area contributed by atoms with Crippen LogP contribution in [0.5, 0.6) is 5.95 Å². The van der Waals surface area contributed by atoms with Crippen molar-refractivity contribution in [2.75, 3.05) is 0 Å². The number of oxazole rings is 1. The van der Waals surface area contributed by atoms with E-state index in [1.807, 2.05) is 6.92 Å². The molecule has 0 aliphatic carbocycles. The highest BCUT2D eigenvalue weighted by molar-refractivity contribution is 5.10. The zero-order valence-corrected chi connectivity index (χ0v) is 6.63. The third-order valence-corrected chi connectivity index (χ3v) is 1.57. The van der Waals surface area contributed by atoms with Gasteiger partial charge in [-0.3, -0.25) is 4.57 Å². The van der Waals surface area contributed by atoms with Crippen LogP contribution in [0.2, 0.25) is 0 Å². The predicted molar refractivity (Wildman–Crippen MR) is 39.7 cm³/mol. The molecule has 4 nitrogen and oxygen atoms in total. The molecule has 0 unspecified atom stereocenters. The van der Waals surface area contributed by atoms with Crippen molar-refractivity contribution in [2.24, 2.45) is 0 Å². The third kappa shape index (κ3) is 1.29. The molecule has 0 aliphatic heterocycles. The van der Waals surface area contributed by atoms with Crippen molar-refractivity contribution in [1.82, 2.24) is 4.57 Å².